The summed E-state index contributed by atoms with van der Waals surface area (Å²) in [5, 5.41) is 6.18. The van der Waals surface area contributed by atoms with Crippen LogP contribution in [0.2, 0.25) is 5.02 Å². The molecular formula is C30H31ClF4N4O. The van der Waals surface area contributed by atoms with Gasteiger partial charge < -0.3 is 21.3 Å². The van der Waals surface area contributed by atoms with Gasteiger partial charge in [0.15, 0.2) is 5.82 Å². The first-order valence-electron chi connectivity index (χ1n) is 12.8. The van der Waals surface area contributed by atoms with Crippen LogP contribution in [0, 0.1) is 18.7 Å². The lowest BCUT2D eigenvalue weighted by atomic mass is 9.95. The number of nitrogens with zero attached hydrogens (tertiary/aromatic N) is 1. The highest BCUT2D eigenvalue weighted by Crippen LogP contribution is 2.46. The van der Waals surface area contributed by atoms with Gasteiger partial charge in [-0.25, -0.2) is 4.39 Å². The summed E-state index contributed by atoms with van der Waals surface area (Å²) in [6.07, 6.45) is -3.51. The Kier molecular flexibility index (Phi) is 8.35. The Balaban J connectivity index is 1.83. The molecule has 0 atom stereocenters. The number of carbonyl (C=O) groups is 1. The summed E-state index contributed by atoms with van der Waals surface area (Å²) in [5.74, 6) is -0.932. The van der Waals surface area contributed by atoms with E-state index >= 15 is 4.39 Å². The molecule has 0 spiro atoms. The van der Waals surface area contributed by atoms with Crippen LogP contribution in [0.3, 0.4) is 0 Å². The van der Waals surface area contributed by atoms with Gasteiger partial charge in [0.1, 0.15) is 0 Å². The van der Waals surface area contributed by atoms with Crippen molar-refractivity contribution in [3.05, 3.63) is 82.6 Å². The average Bonchev–Trinajstić information content (AvgIpc) is 2.84. The highest BCUT2D eigenvalue weighted by molar-refractivity contribution is 6.34. The lowest BCUT2D eigenvalue weighted by Gasteiger charge is -2.39. The van der Waals surface area contributed by atoms with Gasteiger partial charge in [-0.15, -0.1) is 0 Å². The van der Waals surface area contributed by atoms with E-state index in [0.717, 1.165) is 29.3 Å². The number of nitrogens with two attached hydrogens (primary N) is 1. The standard InChI is InChI=1S/C30H31ClF4N4O/c1-5-25(40)39-14-18(15-39)13-37-24-12-23(31)26(21-11-19(36)9-10-22(21)30(33,34)35)27(32)29(24)38-28-17(4)7-6-8-20(28)16(2)3/h5-12,16,18,37-38H,1,13-15,36H2,2-4H3. The van der Waals surface area contributed by atoms with E-state index in [4.69, 9.17) is 17.3 Å². The first-order valence-corrected chi connectivity index (χ1v) is 13.2. The SMILES string of the molecule is C=CC(=O)N1CC(CNc2cc(Cl)c(-c3cc(N)ccc3C(F)(F)F)c(F)c2Nc2c(C)cccc2C(C)C)C1. The molecule has 4 rings (SSSR count). The molecule has 0 bridgehead atoms. The molecule has 1 aliphatic heterocycles. The van der Waals surface area contributed by atoms with Crippen molar-refractivity contribution in [3.63, 3.8) is 0 Å². The van der Waals surface area contributed by atoms with Gasteiger partial charge in [0.2, 0.25) is 5.91 Å². The average molecular weight is 575 g/mol. The summed E-state index contributed by atoms with van der Waals surface area (Å²) in [6, 6.07) is 10.1. The van der Waals surface area contributed by atoms with Crippen LogP contribution in [0.5, 0.6) is 0 Å². The molecule has 3 aromatic carbocycles. The van der Waals surface area contributed by atoms with E-state index in [1.807, 2.05) is 39.0 Å². The van der Waals surface area contributed by atoms with Crippen molar-refractivity contribution < 1.29 is 22.4 Å². The number of hydrogen-bond acceptors (Lipinski definition) is 4. The fourth-order valence-corrected chi connectivity index (χ4v) is 5.17. The first kappa shape index (κ1) is 29.3. The summed E-state index contributed by atoms with van der Waals surface area (Å²) in [5.41, 5.74) is 6.63. The van der Waals surface area contributed by atoms with Crippen molar-refractivity contribution in [1.29, 1.82) is 0 Å². The van der Waals surface area contributed by atoms with E-state index in [9.17, 15) is 18.0 Å². The molecule has 212 valence electrons. The van der Waals surface area contributed by atoms with Gasteiger partial charge in [-0.2, -0.15) is 13.2 Å². The lowest BCUT2D eigenvalue weighted by molar-refractivity contribution is -0.137. The van der Waals surface area contributed by atoms with Crippen molar-refractivity contribution in [2.45, 2.75) is 32.9 Å². The highest BCUT2D eigenvalue weighted by atomic mass is 35.5. The molecule has 5 nitrogen and oxygen atoms in total. The molecule has 1 saturated heterocycles. The van der Waals surface area contributed by atoms with Crippen molar-refractivity contribution in [2.24, 2.45) is 5.92 Å². The lowest BCUT2D eigenvalue weighted by Crippen LogP contribution is -2.51. The second kappa shape index (κ2) is 11.4. The van der Waals surface area contributed by atoms with E-state index in [1.165, 1.54) is 12.1 Å². The second-order valence-electron chi connectivity index (χ2n) is 10.3. The topological polar surface area (TPSA) is 70.4 Å². The second-order valence-corrected chi connectivity index (χ2v) is 10.7. The quantitative estimate of drug-likeness (QED) is 0.145. The summed E-state index contributed by atoms with van der Waals surface area (Å²) in [4.78, 5) is 13.4. The van der Waals surface area contributed by atoms with Crippen LogP contribution >= 0.6 is 11.6 Å². The highest BCUT2D eigenvalue weighted by Gasteiger charge is 2.36. The number of para-hydroxylation sites is 1. The van der Waals surface area contributed by atoms with Crippen LogP contribution in [0.25, 0.3) is 11.1 Å². The molecule has 1 heterocycles. The minimum absolute atomic E-state index is 0.0375. The molecular weight excluding hydrogens is 544 g/mol. The Morgan fingerprint density at radius 2 is 1.90 bits per heavy atom. The molecule has 0 aromatic heterocycles. The number of aryl methyl sites for hydroxylation is 1. The number of benzene rings is 3. The van der Waals surface area contributed by atoms with Gasteiger partial charge in [-0.3, -0.25) is 4.79 Å². The maximum absolute atomic E-state index is 16.5. The number of amides is 1. The van der Waals surface area contributed by atoms with Crippen LogP contribution in [0.15, 0.2) is 55.1 Å². The first-order chi connectivity index (χ1) is 18.8. The molecule has 1 aliphatic rings. The Bertz CT molecular complexity index is 1450. The Labute approximate surface area is 236 Å². The van der Waals surface area contributed by atoms with Gasteiger partial charge in [-0.1, -0.05) is 50.2 Å². The largest absolute Gasteiger partial charge is 0.417 e. The zero-order chi connectivity index (χ0) is 29.4. The van der Waals surface area contributed by atoms with Crippen LogP contribution in [0.1, 0.15) is 36.5 Å². The number of rotatable bonds is 8. The van der Waals surface area contributed by atoms with E-state index in [-0.39, 0.29) is 39.8 Å². The summed E-state index contributed by atoms with van der Waals surface area (Å²) in [6.45, 7) is 10.8. The number of hydrogen-bond donors (Lipinski definition) is 3. The molecule has 1 amide bonds. The van der Waals surface area contributed by atoms with E-state index in [0.29, 0.717) is 25.3 Å². The zero-order valence-electron chi connectivity index (χ0n) is 22.4. The predicted octanol–water partition coefficient (Wildman–Crippen LogP) is 7.98. The Hall–Kier alpha value is -3.72. The molecule has 0 aliphatic carbocycles. The van der Waals surface area contributed by atoms with Crippen LogP contribution in [-0.2, 0) is 11.0 Å². The zero-order valence-corrected chi connectivity index (χ0v) is 23.2. The number of nitrogens with one attached hydrogen (secondary N) is 2. The van der Waals surface area contributed by atoms with Crippen LogP contribution in [0.4, 0.5) is 40.3 Å². The van der Waals surface area contributed by atoms with E-state index in [1.54, 1.807) is 4.90 Å². The molecule has 0 saturated carbocycles. The molecule has 0 radical (unpaired) electrons. The Morgan fingerprint density at radius 1 is 1.20 bits per heavy atom. The minimum atomic E-state index is -4.76. The number of carbonyl (C=O) groups excluding carboxylic acids is 1. The normalized spacial score (nSPS) is 13.8. The molecule has 1 fully saturated rings. The van der Waals surface area contributed by atoms with Crippen molar-refractivity contribution in [3.8, 4) is 11.1 Å². The van der Waals surface area contributed by atoms with Crippen molar-refractivity contribution >= 4 is 40.3 Å². The van der Waals surface area contributed by atoms with Crippen LogP contribution < -0.4 is 16.4 Å². The van der Waals surface area contributed by atoms with Gasteiger partial charge in [-0.05, 0) is 54.3 Å². The third kappa shape index (κ3) is 5.89. The third-order valence-electron chi connectivity index (χ3n) is 7.04. The van der Waals surface area contributed by atoms with Gasteiger partial charge >= 0.3 is 6.18 Å². The molecule has 4 N–H and O–H groups in total. The molecule has 0 unspecified atom stereocenters. The van der Waals surface area contributed by atoms with Crippen molar-refractivity contribution in [2.75, 3.05) is 36.0 Å². The smallest absolute Gasteiger partial charge is 0.399 e. The monoisotopic (exact) mass is 574 g/mol. The minimum Gasteiger partial charge on any atom is -0.399 e. The maximum Gasteiger partial charge on any atom is 0.417 e. The fraction of sp³-hybridized carbons (Fsp3) is 0.300. The fourth-order valence-electron chi connectivity index (χ4n) is 4.87. The number of nitrogen functional groups attached to an aromatic ring is 1. The van der Waals surface area contributed by atoms with Gasteiger partial charge in [0.25, 0.3) is 0 Å². The summed E-state index contributed by atoms with van der Waals surface area (Å²) < 4.78 is 58.4. The van der Waals surface area contributed by atoms with Crippen molar-refractivity contribution in [1.82, 2.24) is 4.90 Å². The summed E-state index contributed by atoms with van der Waals surface area (Å²) in [7, 11) is 0. The van der Waals surface area contributed by atoms with Gasteiger partial charge in [0.05, 0.1) is 22.0 Å². The van der Waals surface area contributed by atoms with Crippen LogP contribution in [-0.4, -0.2) is 30.4 Å². The van der Waals surface area contributed by atoms with Gasteiger partial charge in [0, 0.05) is 48.1 Å². The van der Waals surface area contributed by atoms with E-state index < -0.39 is 28.7 Å². The maximum atomic E-state index is 16.5. The number of alkyl halides is 3. The van der Waals surface area contributed by atoms with E-state index in [2.05, 4.69) is 17.2 Å². The molecule has 40 heavy (non-hydrogen) atoms. The predicted molar refractivity (Wildman–Crippen MR) is 154 cm³/mol. The number of anilines is 4. The summed E-state index contributed by atoms with van der Waals surface area (Å²) >= 11 is 6.50. The number of likely N-dealkylation sites (tertiary alicyclic amines) is 1. The third-order valence-corrected chi connectivity index (χ3v) is 7.34. The molecule has 10 heteroatoms. The Morgan fingerprint density at radius 3 is 2.52 bits per heavy atom. The molecule has 3 aromatic rings. The number of halogens is 5.